The molecule has 1 atom stereocenters. The van der Waals surface area contributed by atoms with Crippen LogP contribution >= 0.6 is 0 Å². The van der Waals surface area contributed by atoms with Gasteiger partial charge in [0.05, 0.1) is 23.5 Å². The Labute approximate surface area is 214 Å². The van der Waals surface area contributed by atoms with Gasteiger partial charge in [-0.05, 0) is 56.5 Å². The molecular weight excluding hydrogens is 464 g/mol. The minimum atomic E-state index is -0.120. The predicted molar refractivity (Wildman–Crippen MR) is 143 cm³/mol. The van der Waals surface area contributed by atoms with Crippen molar-refractivity contribution in [3.05, 3.63) is 83.7 Å². The molecule has 0 spiro atoms. The van der Waals surface area contributed by atoms with E-state index in [1.807, 2.05) is 80.2 Å². The molecule has 0 bridgehead atoms. The first kappa shape index (κ1) is 23.0. The largest absolute Gasteiger partial charge is 0.350 e. The van der Waals surface area contributed by atoms with E-state index < -0.39 is 0 Å². The molecule has 2 aromatic carbocycles. The molecule has 8 heteroatoms. The third-order valence-electron chi connectivity index (χ3n) is 6.94. The van der Waals surface area contributed by atoms with Crippen molar-refractivity contribution in [1.29, 1.82) is 0 Å². The number of nitrogens with one attached hydrogen (secondary N) is 2. The van der Waals surface area contributed by atoms with Crippen molar-refractivity contribution in [3.63, 3.8) is 0 Å². The highest BCUT2D eigenvalue weighted by molar-refractivity contribution is 6.08. The number of anilines is 1. The zero-order chi connectivity index (χ0) is 25.7. The minimum Gasteiger partial charge on any atom is -0.350 e. The van der Waals surface area contributed by atoms with Crippen molar-refractivity contribution in [1.82, 2.24) is 24.5 Å². The van der Waals surface area contributed by atoms with Crippen LogP contribution in [0.2, 0.25) is 0 Å². The topological polar surface area (TPSA) is 93.3 Å². The van der Waals surface area contributed by atoms with Gasteiger partial charge in [0, 0.05) is 35.6 Å². The zero-order valence-corrected chi connectivity index (χ0v) is 21.0. The molecule has 0 radical (unpaired) electrons. The number of imidazole rings is 1. The Hall–Kier alpha value is -4.46. The molecule has 2 amide bonds. The number of fused-ring (bicyclic) bond motifs is 2. The lowest BCUT2D eigenvalue weighted by Crippen LogP contribution is -2.26. The van der Waals surface area contributed by atoms with Crippen LogP contribution in [-0.2, 0) is 11.8 Å². The highest BCUT2D eigenvalue weighted by Crippen LogP contribution is 2.30. The van der Waals surface area contributed by atoms with Crippen LogP contribution in [0.4, 0.5) is 5.82 Å². The van der Waals surface area contributed by atoms with Gasteiger partial charge in [-0.3, -0.25) is 9.59 Å². The van der Waals surface area contributed by atoms with Crippen LogP contribution < -0.4 is 10.6 Å². The number of benzene rings is 2. The lowest BCUT2D eigenvalue weighted by atomic mass is 10.0. The zero-order valence-electron chi connectivity index (χ0n) is 21.0. The third kappa shape index (κ3) is 4.46. The van der Waals surface area contributed by atoms with Crippen LogP contribution in [0, 0.1) is 12.8 Å². The summed E-state index contributed by atoms with van der Waals surface area (Å²) in [5.74, 6) is 0.505. The van der Waals surface area contributed by atoms with Gasteiger partial charge in [0.1, 0.15) is 0 Å². The molecular formula is C29H28N6O2. The first-order valence-electron chi connectivity index (χ1n) is 12.5. The summed E-state index contributed by atoms with van der Waals surface area (Å²) in [7, 11) is 1.94. The quantitative estimate of drug-likeness (QED) is 0.347. The van der Waals surface area contributed by atoms with Crippen LogP contribution in [0.25, 0.3) is 27.8 Å². The van der Waals surface area contributed by atoms with E-state index in [-0.39, 0.29) is 23.8 Å². The number of nitrogens with zero attached hydrogens (tertiary/aromatic N) is 4. The second-order valence-electron chi connectivity index (χ2n) is 9.91. The van der Waals surface area contributed by atoms with E-state index in [0.29, 0.717) is 17.0 Å². The maximum atomic E-state index is 13.3. The third-order valence-corrected chi connectivity index (χ3v) is 6.94. The molecule has 3 heterocycles. The minimum absolute atomic E-state index is 0.0145. The van der Waals surface area contributed by atoms with E-state index in [1.165, 1.54) is 0 Å². The number of hydrogen-bond acceptors (Lipinski definition) is 4. The molecule has 1 saturated carbocycles. The second kappa shape index (κ2) is 8.89. The van der Waals surface area contributed by atoms with Crippen LogP contribution in [0.5, 0.6) is 0 Å². The van der Waals surface area contributed by atoms with Gasteiger partial charge in [-0.1, -0.05) is 35.9 Å². The summed E-state index contributed by atoms with van der Waals surface area (Å²) in [4.78, 5) is 29.9. The van der Waals surface area contributed by atoms with E-state index >= 15 is 0 Å². The van der Waals surface area contributed by atoms with Gasteiger partial charge in [0.15, 0.2) is 11.5 Å². The molecule has 2 N–H and O–H groups in total. The Morgan fingerprint density at radius 3 is 2.68 bits per heavy atom. The molecule has 6 rings (SSSR count). The Morgan fingerprint density at radius 1 is 1.05 bits per heavy atom. The number of aromatic nitrogens is 4. The average Bonchev–Trinajstić information content (AvgIpc) is 3.59. The van der Waals surface area contributed by atoms with Crippen molar-refractivity contribution < 1.29 is 9.59 Å². The van der Waals surface area contributed by atoms with Crippen molar-refractivity contribution in [2.24, 2.45) is 13.0 Å². The molecule has 0 saturated heterocycles. The standard InChI is InChI=1S/C29H28N6O2/c1-17-5-4-6-20(13-17)18(2)30-29(37)23-15-34(3)25-11-9-21(14-22(23)25)24-10-12-27-31-26(16-35(27)33-24)32-28(36)19-7-8-19/h4-6,9-16,18-19H,7-8H2,1-3H3,(H,30,37)(H,32,36)/t18-/m0/s1. The lowest BCUT2D eigenvalue weighted by Gasteiger charge is -2.14. The molecule has 37 heavy (non-hydrogen) atoms. The Kier molecular flexibility index (Phi) is 5.52. The Balaban J connectivity index is 1.29. The Bertz CT molecular complexity index is 1680. The highest BCUT2D eigenvalue weighted by atomic mass is 16.2. The number of carbonyl (C=O) groups excluding carboxylic acids is 2. The van der Waals surface area contributed by atoms with E-state index in [2.05, 4.69) is 21.7 Å². The molecule has 1 aliphatic rings. The molecule has 1 aliphatic carbocycles. The summed E-state index contributed by atoms with van der Waals surface area (Å²) in [5, 5.41) is 11.6. The molecule has 5 aromatic rings. The molecule has 0 aliphatic heterocycles. The first-order chi connectivity index (χ1) is 17.9. The number of rotatable bonds is 6. The van der Waals surface area contributed by atoms with Gasteiger partial charge < -0.3 is 15.2 Å². The molecule has 186 valence electrons. The predicted octanol–water partition coefficient (Wildman–Crippen LogP) is 5.04. The van der Waals surface area contributed by atoms with E-state index in [9.17, 15) is 9.59 Å². The van der Waals surface area contributed by atoms with Gasteiger partial charge in [0.25, 0.3) is 5.91 Å². The number of carbonyl (C=O) groups is 2. The van der Waals surface area contributed by atoms with Gasteiger partial charge in [-0.15, -0.1) is 0 Å². The molecule has 8 nitrogen and oxygen atoms in total. The van der Waals surface area contributed by atoms with E-state index in [4.69, 9.17) is 5.10 Å². The number of amides is 2. The lowest BCUT2D eigenvalue weighted by molar-refractivity contribution is -0.117. The second-order valence-corrected chi connectivity index (χ2v) is 9.91. The van der Waals surface area contributed by atoms with Crippen molar-refractivity contribution >= 4 is 34.2 Å². The SMILES string of the molecule is Cc1cccc([C@H](C)NC(=O)c2cn(C)c3ccc(-c4ccc5nc(NC(=O)C6CC6)cn5n4)cc23)c1. The fourth-order valence-corrected chi connectivity index (χ4v) is 4.70. The summed E-state index contributed by atoms with van der Waals surface area (Å²) in [6, 6.07) is 17.8. The summed E-state index contributed by atoms with van der Waals surface area (Å²) in [6.45, 7) is 4.04. The summed E-state index contributed by atoms with van der Waals surface area (Å²) < 4.78 is 3.64. The highest BCUT2D eigenvalue weighted by Gasteiger charge is 2.30. The van der Waals surface area contributed by atoms with Crippen LogP contribution in [-0.4, -0.2) is 31.0 Å². The smallest absolute Gasteiger partial charge is 0.253 e. The fourth-order valence-electron chi connectivity index (χ4n) is 4.70. The number of aryl methyl sites for hydroxylation is 2. The molecule has 3 aromatic heterocycles. The van der Waals surface area contributed by atoms with Gasteiger partial charge in [-0.25, -0.2) is 9.50 Å². The maximum absolute atomic E-state index is 13.3. The summed E-state index contributed by atoms with van der Waals surface area (Å²) >= 11 is 0. The van der Waals surface area contributed by atoms with Crippen LogP contribution in [0.3, 0.4) is 0 Å². The van der Waals surface area contributed by atoms with E-state index in [0.717, 1.165) is 46.1 Å². The molecule has 0 unspecified atom stereocenters. The van der Waals surface area contributed by atoms with Crippen molar-refractivity contribution in [3.8, 4) is 11.3 Å². The fraction of sp³-hybridized carbons (Fsp3) is 0.241. The Morgan fingerprint density at radius 2 is 1.89 bits per heavy atom. The normalized spacial score (nSPS) is 14.1. The molecule has 1 fully saturated rings. The van der Waals surface area contributed by atoms with Gasteiger partial charge >= 0.3 is 0 Å². The van der Waals surface area contributed by atoms with Crippen molar-refractivity contribution in [2.45, 2.75) is 32.7 Å². The van der Waals surface area contributed by atoms with Gasteiger partial charge in [-0.2, -0.15) is 5.10 Å². The van der Waals surface area contributed by atoms with E-state index in [1.54, 1.807) is 10.7 Å². The number of hydrogen-bond donors (Lipinski definition) is 2. The monoisotopic (exact) mass is 492 g/mol. The van der Waals surface area contributed by atoms with Crippen LogP contribution in [0.1, 0.15) is 47.3 Å². The van der Waals surface area contributed by atoms with Crippen molar-refractivity contribution in [2.75, 3.05) is 5.32 Å². The van der Waals surface area contributed by atoms with Crippen LogP contribution in [0.15, 0.2) is 67.0 Å². The van der Waals surface area contributed by atoms with Gasteiger partial charge in [0.2, 0.25) is 5.91 Å². The first-order valence-corrected chi connectivity index (χ1v) is 12.5. The summed E-state index contributed by atoms with van der Waals surface area (Å²) in [5.41, 5.74) is 6.10. The average molecular weight is 493 g/mol. The summed E-state index contributed by atoms with van der Waals surface area (Å²) in [6.07, 6.45) is 5.47. The maximum Gasteiger partial charge on any atom is 0.253 e.